The van der Waals surface area contributed by atoms with E-state index in [0.29, 0.717) is 0 Å². The molecule has 162 valence electrons. The molecule has 0 heterocycles. The van der Waals surface area contributed by atoms with Gasteiger partial charge < -0.3 is 9.84 Å². The lowest BCUT2D eigenvalue weighted by atomic mass is 9.90. The molecular formula is C24H36O5. The molecule has 0 aliphatic rings. The molecule has 1 N–H and O–H groups in total. The minimum atomic E-state index is -0.921. The monoisotopic (exact) mass is 404 g/mol. The van der Waals surface area contributed by atoms with Crippen LogP contribution in [0.15, 0.2) is 24.3 Å². The molecule has 0 saturated heterocycles. The first kappa shape index (κ1) is 24.9. The number of rotatable bonds is 15. The number of carboxylic acid groups (broad SMARTS) is 1. The number of carboxylic acids is 1. The number of esters is 1. The highest BCUT2D eigenvalue weighted by atomic mass is 16.5. The van der Waals surface area contributed by atoms with Gasteiger partial charge in [0.2, 0.25) is 0 Å². The van der Waals surface area contributed by atoms with Crippen molar-refractivity contribution in [3.8, 4) is 0 Å². The van der Waals surface area contributed by atoms with Crippen molar-refractivity contribution in [1.82, 2.24) is 0 Å². The molecule has 0 saturated carbocycles. The Morgan fingerprint density at radius 3 is 2.07 bits per heavy atom. The Bertz CT molecular complexity index is 635. The average molecular weight is 405 g/mol. The van der Waals surface area contributed by atoms with Gasteiger partial charge in [-0.1, -0.05) is 31.9 Å². The second-order valence-electron chi connectivity index (χ2n) is 7.86. The fourth-order valence-corrected chi connectivity index (χ4v) is 3.63. The van der Waals surface area contributed by atoms with Crippen molar-refractivity contribution >= 4 is 17.7 Å². The number of unbranched alkanes of at least 4 members (excludes halogenated alkanes) is 2. The molecule has 2 atom stereocenters. The molecule has 0 amide bonds. The van der Waals surface area contributed by atoms with E-state index in [2.05, 4.69) is 6.92 Å². The summed E-state index contributed by atoms with van der Waals surface area (Å²) in [5, 5.41) is 8.95. The van der Waals surface area contributed by atoms with E-state index in [1.807, 2.05) is 12.1 Å². The third kappa shape index (κ3) is 10.8. The van der Waals surface area contributed by atoms with Crippen molar-refractivity contribution in [2.75, 3.05) is 0 Å². The SMILES string of the molecule is CCCCCC(CCCC(CCCc1ccc(C(=O)O)cc1)C(C)=O)OC(C)=O. The van der Waals surface area contributed by atoms with Gasteiger partial charge in [0.15, 0.2) is 0 Å². The van der Waals surface area contributed by atoms with E-state index in [9.17, 15) is 14.4 Å². The molecule has 5 nitrogen and oxygen atoms in total. The molecule has 0 aromatic heterocycles. The smallest absolute Gasteiger partial charge is 0.335 e. The Morgan fingerprint density at radius 2 is 1.52 bits per heavy atom. The molecule has 0 spiro atoms. The first-order chi connectivity index (χ1) is 13.8. The van der Waals surface area contributed by atoms with E-state index >= 15 is 0 Å². The molecule has 1 rings (SSSR count). The maximum Gasteiger partial charge on any atom is 0.335 e. The van der Waals surface area contributed by atoms with Crippen LogP contribution in [0.5, 0.6) is 0 Å². The summed E-state index contributed by atoms with van der Waals surface area (Å²) in [6.45, 7) is 5.25. The number of hydrogen-bond acceptors (Lipinski definition) is 4. The summed E-state index contributed by atoms with van der Waals surface area (Å²) in [6.07, 6.45) is 9.24. The van der Waals surface area contributed by atoms with Crippen LogP contribution in [0.3, 0.4) is 0 Å². The quantitative estimate of drug-likeness (QED) is 0.304. The van der Waals surface area contributed by atoms with Crippen LogP contribution in [0, 0.1) is 5.92 Å². The van der Waals surface area contributed by atoms with Crippen LogP contribution in [0.25, 0.3) is 0 Å². The fraction of sp³-hybridized carbons (Fsp3) is 0.625. The molecular weight excluding hydrogens is 368 g/mol. The average Bonchev–Trinajstić information content (AvgIpc) is 2.66. The van der Waals surface area contributed by atoms with E-state index in [1.165, 1.54) is 6.92 Å². The Hall–Kier alpha value is -2.17. The number of carbonyl (C=O) groups is 3. The van der Waals surface area contributed by atoms with E-state index in [-0.39, 0.29) is 29.3 Å². The van der Waals surface area contributed by atoms with E-state index in [1.54, 1.807) is 19.1 Å². The lowest BCUT2D eigenvalue weighted by Crippen LogP contribution is -2.18. The number of aryl methyl sites for hydroxylation is 1. The Labute approximate surface area is 174 Å². The van der Waals surface area contributed by atoms with Crippen molar-refractivity contribution in [2.24, 2.45) is 5.92 Å². The molecule has 0 aliphatic heterocycles. The van der Waals surface area contributed by atoms with Crippen molar-refractivity contribution in [2.45, 2.75) is 91.1 Å². The van der Waals surface area contributed by atoms with Crippen LogP contribution in [-0.2, 0) is 20.7 Å². The zero-order valence-corrected chi connectivity index (χ0v) is 18.1. The van der Waals surface area contributed by atoms with Crippen molar-refractivity contribution in [3.63, 3.8) is 0 Å². The maximum absolute atomic E-state index is 12.0. The van der Waals surface area contributed by atoms with Crippen LogP contribution >= 0.6 is 0 Å². The molecule has 0 bridgehead atoms. The van der Waals surface area contributed by atoms with Crippen LogP contribution in [0.1, 0.15) is 94.5 Å². The molecule has 2 unspecified atom stereocenters. The highest BCUT2D eigenvalue weighted by Gasteiger charge is 2.17. The van der Waals surface area contributed by atoms with Crippen LogP contribution in [0.2, 0.25) is 0 Å². The van der Waals surface area contributed by atoms with Crippen LogP contribution in [0.4, 0.5) is 0 Å². The standard InChI is InChI=1S/C24H36O5/c1-4-5-6-12-23(29-19(3)26)13-8-11-21(18(2)25)10-7-9-20-14-16-22(17-15-20)24(27)28/h14-17,21,23H,4-13H2,1-3H3,(H,27,28). The number of carbonyl (C=O) groups excluding carboxylic acids is 2. The second kappa shape index (κ2) is 13.9. The van der Waals surface area contributed by atoms with Crippen molar-refractivity contribution < 1.29 is 24.2 Å². The number of hydrogen-bond donors (Lipinski definition) is 1. The summed E-state index contributed by atoms with van der Waals surface area (Å²) in [5.41, 5.74) is 1.37. The highest BCUT2D eigenvalue weighted by molar-refractivity contribution is 5.87. The highest BCUT2D eigenvalue weighted by Crippen LogP contribution is 2.21. The van der Waals surface area contributed by atoms with Gasteiger partial charge in [-0.3, -0.25) is 9.59 Å². The van der Waals surface area contributed by atoms with Gasteiger partial charge in [-0.05, 0) is 76.0 Å². The number of Topliss-reactive ketones (excluding diaryl/α,β-unsaturated/α-hetero) is 1. The van der Waals surface area contributed by atoms with Gasteiger partial charge in [-0.25, -0.2) is 4.79 Å². The van der Waals surface area contributed by atoms with Gasteiger partial charge in [0, 0.05) is 12.8 Å². The van der Waals surface area contributed by atoms with Crippen LogP contribution < -0.4 is 0 Å². The molecule has 1 aromatic rings. The number of benzene rings is 1. The van der Waals surface area contributed by atoms with Gasteiger partial charge >= 0.3 is 11.9 Å². The second-order valence-corrected chi connectivity index (χ2v) is 7.86. The van der Waals surface area contributed by atoms with Gasteiger partial charge in [0.1, 0.15) is 11.9 Å². The Kier molecular flexibility index (Phi) is 11.9. The lowest BCUT2D eigenvalue weighted by molar-refractivity contribution is -0.147. The summed E-state index contributed by atoms with van der Waals surface area (Å²) in [4.78, 5) is 34.2. The summed E-state index contributed by atoms with van der Waals surface area (Å²) in [7, 11) is 0. The summed E-state index contributed by atoms with van der Waals surface area (Å²) >= 11 is 0. The maximum atomic E-state index is 12.0. The van der Waals surface area contributed by atoms with E-state index in [4.69, 9.17) is 9.84 Å². The number of ether oxygens (including phenoxy) is 1. The molecule has 0 radical (unpaired) electrons. The van der Waals surface area contributed by atoms with Gasteiger partial charge in [0.25, 0.3) is 0 Å². The minimum absolute atomic E-state index is 0.0295. The third-order valence-electron chi connectivity index (χ3n) is 5.33. The Morgan fingerprint density at radius 1 is 0.897 bits per heavy atom. The zero-order chi connectivity index (χ0) is 21.6. The molecule has 29 heavy (non-hydrogen) atoms. The molecule has 0 aliphatic carbocycles. The minimum Gasteiger partial charge on any atom is -0.478 e. The van der Waals surface area contributed by atoms with Gasteiger partial charge in [-0.15, -0.1) is 0 Å². The lowest BCUT2D eigenvalue weighted by Gasteiger charge is -2.19. The summed E-state index contributed by atoms with van der Waals surface area (Å²) in [5.74, 6) is -0.915. The van der Waals surface area contributed by atoms with Gasteiger partial charge in [-0.2, -0.15) is 0 Å². The fourth-order valence-electron chi connectivity index (χ4n) is 3.63. The Balaban J connectivity index is 2.42. The summed E-state index contributed by atoms with van der Waals surface area (Å²) < 4.78 is 5.44. The van der Waals surface area contributed by atoms with Crippen molar-refractivity contribution in [1.29, 1.82) is 0 Å². The van der Waals surface area contributed by atoms with E-state index < -0.39 is 5.97 Å². The van der Waals surface area contributed by atoms with Crippen LogP contribution in [-0.4, -0.2) is 28.9 Å². The zero-order valence-electron chi connectivity index (χ0n) is 18.1. The molecule has 0 fully saturated rings. The predicted octanol–water partition coefficient (Wildman–Crippen LogP) is 5.60. The largest absolute Gasteiger partial charge is 0.478 e. The number of ketones is 1. The number of aromatic carboxylic acids is 1. The predicted molar refractivity (Wildman–Crippen MR) is 114 cm³/mol. The van der Waals surface area contributed by atoms with E-state index in [0.717, 1.165) is 69.8 Å². The van der Waals surface area contributed by atoms with Crippen molar-refractivity contribution in [3.05, 3.63) is 35.4 Å². The third-order valence-corrected chi connectivity index (χ3v) is 5.33. The normalized spacial score (nSPS) is 12.9. The molecule has 5 heteroatoms. The topological polar surface area (TPSA) is 80.7 Å². The van der Waals surface area contributed by atoms with Gasteiger partial charge in [0.05, 0.1) is 5.56 Å². The first-order valence-electron chi connectivity index (χ1n) is 10.8. The summed E-state index contributed by atoms with van der Waals surface area (Å²) in [6, 6.07) is 6.92. The molecule has 1 aromatic carbocycles. The first-order valence-corrected chi connectivity index (χ1v) is 10.8.